The van der Waals surface area contributed by atoms with E-state index in [2.05, 4.69) is 13.2 Å². The molecule has 0 bridgehead atoms. The van der Waals surface area contributed by atoms with Gasteiger partial charge in [0, 0.05) is 6.42 Å². The lowest BCUT2D eigenvalue weighted by molar-refractivity contribution is -0.136. The Morgan fingerprint density at radius 3 is 2.28 bits per heavy atom. The summed E-state index contributed by atoms with van der Waals surface area (Å²) >= 11 is 0. The second-order valence-electron chi connectivity index (χ2n) is 3.58. The molecule has 0 aliphatic rings. The summed E-state index contributed by atoms with van der Waals surface area (Å²) in [5, 5.41) is 8.84. The van der Waals surface area contributed by atoms with Gasteiger partial charge in [-0.3, -0.25) is 4.79 Å². The number of carbonyl (C=O) groups is 1. The molecule has 0 atom stereocenters. The van der Waals surface area contributed by atoms with Gasteiger partial charge in [-0.1, -0.05) is 37.4 Å². The van der Waals surface area contributed by atoms with Gasteiger partial charge in [0.15, 0.2) is 0 Å². The van der Waals surface area contributed by atoms with Crippen LogP contribution in [0.2, 0.25) is 0 Å². The molecule has 1 rings (SSSR count). The second kappa shape index (κ2) is 7.17. The molecule has 4 nitrogen and oxygen atoms in total. The molecule has 0 aliphatic heterocycles. The molecule has 0 amide bonds. The molecular formula is C14H16O4. The van der Waals surface area contributed by atoms with Crippen molar-refractivity contribution in [1.82, 2.24) is 0 Å². The molecular weight excluding hydrogens is 232 g/mol. The van der Waals surface area contributed by atoms with E-state index >= 15 is 0 Å². The van der Waals surface area contributed by atoms with Gasteiger partial charge in [-0.25, -0.2) is 0 Å². The molecule has 0 saturated heterocycles. The van der Waals surface area contributed by atoms with Crippen molar-refractivity contribution in [3.05, 3.63) is 61.1 Å². The molecule has 0 fully saturated rings. The van der Waals surface area contributed by atoms with Crippen LogP contribution < -0.4 is 0 Å². The quantitative estimate of drug-likeness (QED) is 0.567. The summed E-state index contributed by atoms with van der Waals surface area (Å²) in [7, 11) is 0. The first-order valence-corrected chi connectivity index (χ1v) is 5.48. The molecule has 0 aromatic heterocycles. The third-order valence-electron chi connectivity index (χ3n) is 2.34. The predicted molar refractivity (Wildman–Crippen MR) is 67.8 cm³/mol. The summed E-state index contributed by atoms with van der Waals surface area (Å²) in [6.45, 7) is 6.93. The van der Waals surface area contributed by atoms with Gasteiger partial charge in [-0.05, 0) is 11.1 Å². The van der Waals surface area contributed by atoms with Crippen LogP contribution in [0.5, 0.6) is 0 Å². The number of hydrogen-bond acceptors (Lipinski definition) is 3. The van der Waals surface area contributed by atoms with Gasteiger partial charge < -0.3 is 14.6 Å². The van der Waals surface area contributed by atoms with Gasteiger partial charge in [-0.15, -0.1) is 0 Å². The Morgan fingerprint density at radius 1 is 1.22 bits per heavy atom. The average Bonchev–Trinajstić information content (AvgIpc) is 2.31. The van der Waals surface area contributed by atoms with E-state index in [1.807, 2.05) is 12.1 Å². The summed E-state index contributed by atoms with van der Waals surface area (Å²) in [6, 6.07) is 7.28. The molecule has 0 unspecified atom stereocenters. The minimum absolute atomic E-state index is 0.0227. The van der Waals surface area contributed by atoms with Crippen molar-refractivity contribution in [2.24, 2.45) is 0 Å². The molecule has 0 aliphatic carbocycles. The fourth-order valence-electron chi connectivity index (χ4n) is 1.61. The van der Waals surface area contributed by atoms with Crippen LogP contribution in [0.25, 0.3) is 0 Å². The Bertz CT molecular complexity index is 416. The summed E-state index contributed by atoms with van der Waals surface area (Å²) in [4.78, 5) is 10.8. The highest BCUT2D eigenvalue weighted by atomic mass is 16.7. The third-order valence-corrected chi connectivity index (χ3v) is 2.34. The summed E-state index contributed by atoms with van der Waals surface area (Å²) in [6.07, 6.45) is 2.43. The zero-order valence-electron chi connectivity index (χ0n) is 10.0. The first kappa shape index (κ1) is 13.8. The normalized spacial score (nSPS) is 9.83. The van der Waals surface area contributed by atoms with Gasteiger partial charge in [0.25, 0.3) is 0 Å². The molecule has 4 heteroatoms. The van der Waals surface area contributed by atoms with E-state index in [1.165, 1.54) is 12.5 Å². The number of ether oxygens (including phenoxy) is 2. The lowest BCUT2D eigenvalue weighted by atomic mass is 10.0. The third kappa shape index (κ3) is 4.33. The topological polar surface area (TPSA) is 55.8 Å². The lowest BCUT2D eigenvalue weighted by Crippen LogP contribution is -2.16. The first-order chi connectivity index (χ1) is 8.67. The monoisotopic (exact) mass is 248 g/mol. The molecule has 0 spiro atoms. The summed E-state index contributed by atoms with van der Waals surface area (Å²) < 4.78 is 10.3. The van der Waals surface area contributed by atoms with Crippen molar-refractivity contribution in [2.75, 3.05) is 0 Å². The summed E-state index contributed by atoms with van der Waals surface area (Å²) in [5.74, 6) is -0.867. The Labute approximate surface area is 106 Å². The molecule has 1 N–H and O–H groups in total. The van der Waals surface area contributed by atoms with Crippen LogP contribution >= 0.6 is 0 Å². The largest absolute Gasteiger partial charge is 0.481 e. The Balaban J connectivity index is 2.83. The van der Waals surface area contributed by atoms with Crippen molar-refractivity contribution >= 4 is 5.97 Å². The van der Waals surface area contributed by atoms with E-state index in [4.69, 9.17) is 14.6 Å². The Morgan fingerprint density at radius 2 is 1.78 bits per heavy atom. The maximum absolute atomic E-state index is 10.8. The van der Waals surface area contributed by atoms with E-state index < -0.39 is 12.3 Å². The van der Waals surface area contributed by atoms with Crippen LogP contribution in [-0.4, -0.2) is 17.4 Å². The van der Waals surface area contributed by atoms with Crippen molar-refractivity contribution in [2.45, 2.75) is 19.1 Å². The average molecular weight is 248 g/mol. The van der Waals surface area contributed by atoms with Gasteiger partial charge in [0.05, 0.1) is 18.9 Å². The number of carboxylic acid groups (broad SMARTS) is 1. The number of rotatable bonds is 8. The maximum Gasteiger partial charge on any atom is 0.307 e. The van der Waals surface area contributed by atoms with E-state index in [0.29, 0.717) is 6.42 Å². The molecule has 18 heavy (non-hydrogen) atoms. The predicted octanol–water partition coefficient (Wildman–Crippen LogP) is 2.50. The second-order valence-corrected chi connectivity index (χ2v) is 3.58. The van der Waals surface area contributed by atoms with Crippen molar-refractivity contribution in [3.63, 3.8) is 0 Å². The van der Waals surface area contributed by atoms with Gasteiger partial charge in [-0.2, -0.15) is 0 Å². The van der Waals surface area contributed by atoms with Crippen LogP contribution in [-0.2, 0) is 27.1 Å². The van der Waals surface area contributed by atoms with Crippen LogP contribution in [0.4, 0.5) is 0 Å². The zero-order valence-corrected chi connectivity index (χ0v) is 10.0. The fourth-order valence-corrected chi connectivity index (χ4v) is 1.61. The maximum atomic E-state index is 10.8. The number of carboxylic acids is 1. The first-order valence-electron chi connectivity index (χ1n) is 5.48. The SMILES string of the molecule is C=COC(Cc1ccccc1CC(=O)O)OC=C. The molecule has 0 heterocycles. The number of hydrogen-bond donors (Lipinski definition) is 1. The van der Waals surface area contributed by atoms with Gasteiger partial charge in [0.1, 0.15) is 0 Å². The molecule has 1 aromatic rings. The highest BCUT2D eigenvalue weighted by Gasteiger charge is 2.13. The summed E-state index contributed by atoms with van der Waals surface area (Å²) in [5.41, 5.74) is 1.61. The van der Waals surface area contributed by atoms with Gasteiger partial charge >= 0.3 is 5.97 Å². The van der Waals surface area contributed by atoms with E-state index in [1.54, 1.807) is 12.1 Å². The van der Waals surface area contributed by atoms with Crippen molar-refractivity contribution in [3.8, 4) is 0 Å². The minimum Gasteiger partial charge on any atom is -0.481 e. The fraction of sp³-hybridized carbons (Fsp3) is 0.214. The smallest absolute Gasteiger partial charge is 0.307 e. The Hall–Kier alpha value is -2.23. The van der Waals surface area contributed by atoms with Gasteiger partial charge in [0.2, 0.25) is 6.29 Å². The van der Waals surface area contributed by atoms with Crippen molar-refractivity contribution in [1.29, 1.82) is 0 Å². The van der Waals surface area contributed by atoms with E-state index in [0.717, 1.165) is 11.1 Å². The highest BCUT2D eigenvalue weighted by molar-refractivity contribution is 5.70. The van der Waals surface area contributed by atoms with Crippen LogP contribution in [0.1, 0.15) is 11.1 Å². The Kier molecular flexibility index (Phi) is 5.51. The van der Waals surface area contributed by atoms with Crippen LogP contribution in [0.15, 0.2) is 49.9 Å². The molecule has 0 saturated carbocycles. The minimum atomic E-state index is -0.867. The molecule has 0 radical (unpaired) electrons. The number of benzene rings is 1. The van der Waals surface area contributed by atoms with Crippen LogP contribution in [0, 0.1) is 0 Å². The molecule has 1 aromatic carbocycles. The highest BCUT2D eigenvalue weighted by Crippen LogP contribution is 2.14. The molecule has 96 valence electrons. The standard InChI is InChI=1S/C14H16O4/c1-3-17-14(18-4-2)10-12-8-6-5-7-11(12)9-13(15)16/h3-8,14H,1-2,9-10H2,(H,15,16). The zero-order chi connectivity index (χ0) is 13.4. The number of aliphatic carboxylic acids is 1. The van der Waals surface area contributed by atoms with E-state index in [9.17, 15) is 4.79 Å². The lowest BCUT2D eigenvalue weighted by Gasteiger charge is -2.17. The van der Waals surface area contributed by atoms with E-state index in [-0.39, 0.29) is 6.42 Å². The van der Waals surface area contributed by atoms with Crippen LogP contribution in [0.3, 0.4) is 0 Å². The van der Waals surface area contributed by atoms with Crippen molar-refractivity contribution < 1.29 is 19.4 Å².